The molecular weight excluding hydrogens is 269 g/mol. The van der Waals surface area contributed by atoms with E-state index in [1.165, 1.54) is 23.9 Å². The summed E-state index contributed by atoms with van der Waals surface area (Å²) in [5.74, 6) is 0.576. The van der Waals surface area contributed by atoms with Gasteiger partial charge in [-0.05, 0) is 24.3 Å². The highest BCUT2D eigenvalue weighted by Crippen LogP contribution is 2.35. The van der Waals surface area contributed by atoms with Gasteiger partial charge in [0.1, 0.15) is 17.4 Å². The SMILES string of the molecule is O=[N+]([O-])C1=C2SCCN2CN(c2ccc(F)cc2)C1. The van der Waals surface area contributed by atoms with Gasteiger partial charge in [0, 0.05) is 18.0 Å². The van der Waals surface area contributed by atoms with Crippen molar-refractivity contribution in [2.24, 2.45) is 0 Å². The highest BCUT2D eigenvalue weighted by atomic mass is 32.2. The lowest BCUT2D eigenvalue weighted by molar-refractivity contribution is -0.427. The van der Waals surface area contributed by atoms with Crippen LogP contribution in [0.25, 0.3) is 0 Å². The summed E-state index contributed by atoms with van der Waals surface area (Å²) >= 11 is 1.54. The number of benzene rings is 1. The zero-order valence-corrected chi connectivity index (χ0v) is 10.9. The molecule has 0 radical (unpaired) electrons. The van der Waals surface area contributed by atoms with Crippen molar-refractivity contribution in [2.75, 3.05) is 30.4 Å². The molecule has 0 N–H and O–H groups in total. The Bertz CT molecular complexity index is 546. The van der Waals surface area contributed by atoms with E-state index in [-0.39, 0.29) is 23.0 Å². The Morgan fingerprint density at radius 2 is 2.00 bits per heavy atom. The summed E-state index contributed by atoms with van der Waals surface area (Å²) in [6.45, 7) is 1.69. The molecule has 0 amide bonds. The molecular formula is C12H12FN3O2S. The van der Waals surface area contributed by atoms with Crippen LogP contribution < -0.4 is 4.90 Å². The molecule has 7 heteroatoms. The number of hydrogen-bond donors (Lipinski definition) is 0. The van der Waals surface area contributed by atoms with Crippen molar-refractivity contribution in [3.05, 3.63) is 50.9 Å². The van der Waals surface area contributed by atoms with Crippen molar-refractivity contribution in [3.63, 3.8) is 0 Å². The third kappa shape index (κ3) is 2.25. The molecule has 0 spiro atoms. The van der Waals surface area contributed by atoms with Crippen molar-refractivity contribution in [1.82, 2.24) is 4.90 Å². The van der Waals surface area contributed by atoms with Crippen LogP contribution in [0, 0.1) is 15.9 Å². The van der Waals surface area contributed by atoms with Crippen LogP contribution in [-0.2, 0) is 0 Å². The molecule has 5 nitrogen and oxygen atoms in total. The summed E-state index contributed by atoms with van der Waals surface area (Å²) < 4.78 is 12.9. The summed E-state index contributed by atoms with van der Waals surface area (Å²) in [5, 5.41) is 11.9. The molecule has 0 bridgehead atoms. The van der Waals surface area contributed by atoms with E-state index < -0.39 is 0 Å². The maximum absolute atomic E-state index is 12.9. The van der Waals surface area contributed by atoms with E-state index >= 15 is 0 Å². The van der Waals surface area contributed by atoms with Crippen molar-refractivity contribution < 1.29 is 9.31 Å². The van der Waals surface area contributed by atoms with E-state index in [4.69, 9.17) is 0 Å². The van der Waals surface area contributed by atoms with Crippen LogP contribution in [0.15, 0.2) is 35.0 Å². The third-order valence-electron chi connectivity index (χ3n) is 3.23. The average molecular weight is 281 g/mol. The van der Waals surface area contributed by atoms with Crippen molar-refractivity contribution in [1.29, 1.82) is 0 Å². The smallest absolute Gasteiger partial charge is 0.295 e. The Kier molecular flexibility index (Phi) is 3.06. The Hall–Kier alpha value is -1.76. The van der Waals surface area contributed by atoms with Gasteiger partial charge in [0.25, 0.3) is 5.70 Å². The van der Waals surface area contributed by atoms with Gasteiger partial charge in [-0.15, -0.1) is 11.8 Å². The highest BCUT2D eigenvalue weighted by molar-refractivity contribution is 8.03. The monoisotopic (exact) mass is 281 g/mol. The number of fused-ring (bicyclic) bond motifs is 1. The summed E-state index contributed by atoms with van der Waals surface area (Å²) in [5.41, 5.74) is 1.04. The fourth-order valence-corrected chi connectivity index (χ4v) is 3.45. The quantitative estimate of drug-likeness (QED) is 0.614. The first kappa shape index (κ1) is 12.3. The minimum absolute atomic E-state index is 0.234. The van der Waals surface area contributed by atoms with Crippen LogP contribution in [0.4, 0.5) is 10.1 Å². The van der Waals surface area contributed by atoms with E-state index in [9.17, 15) is 14.5 Å². The molecule has 0 aliphatic carbocycles. The van der Waals surface area contributed by atoms with Gasteiger partial charge < -0.3 is 9.80 Å². The first-order valence-corrected chi connectivity index (χ1v) is 6.89. The zero-order chi connectivity index (χ0) is 13.4. The van der Waals surface area contributed by atoms with E-state index in [0.29, 0.717) is 6.67 Å². The minimum atomic E-state index is -0.309. The number of rotatable bonds is 2. The molecule has 1 fully saturated rings. The van der Waals surface area contributed by atoms with E-state index in [2.05, 4.69) is 0 Å². The molecule has 3 rings (SSSR count). The van der Waals surface area contributed by atoms with Crippen molar-refractivity contribution >= 4 is 17.4 Å². The predicted octanol–water partition coefficient (Wildman–Crippen LogP) is 2.10. The number of hydrogen-bond acceptors (Lipinski definition) is 5. The predicted molar refractivity (Wildman–Crippen MR) is 71.8 cm³/mol. The molecule has 0 saturated carbocycles. The molecule has 0 atom stereocenters. The topological polar surface area (TPSA) is 49.6 Å². The molecule has 1 saturated heterocycles. The highest BCUT2D eigenvalue weighted by Gasteiger charge is 2.35. The molecule has 2 aliphatic heterocycles. The van der Waals surface area contributed by atoms with E-state index in [1.54, 1.807) is 12.1 Å². The number of nitro groups is 1. The minimum Gasteiger partial charge on any atom is -0.343 e. The second-order valence-electron chi connectivity index (χ2n) is 4.44. The summed E-state index contributed by atoms with van der Waals surface area (Å²) in [7, 11) is 0. The van der Waals surface area contributed by atoms with Crippen LogP contribution >= 0.6 is 11.8 Å². The average Bonchev–Trinajstić information content (AvgIpc) is 2.86. The van der Waals surface area contributed by atoms with Gasteiger partial charge in [-0.1, -0.05) is 0 Å². The Labute approximate surface area is 113 Å². The van der Waals surface area contributed by atoms with Crippen molar-refractivity contribution in [2.45, 2.75) is 0 Å². The molecule has 2 heterocycles. The molecule has 0 aromatic heterocycles. The maximum atomic E-state index is 12.9. The van der Waals surface area contributed by atoms with Crippen LogP contribution in [-0.4, -0.2) is 35.3 Å². The van der Waals surface area contributed by atoms with Crippen molar-refractivity contribution in [3.8, 4) is 0 Å². The maximum Gasteiger partial charge on any atom is 0.295 e. The number of nitrogens with zero attached hydrogens (tertiary/aromatic N) is 3. The number of halogens is 1. The van der Waals surface area contributed by atoms with E-state index in [1.807, 2.05) is 9.80 Å². The zero-order valence-electron chi connectivity index (χ0n) is 10.1. The van der Waals surface area contributed by atoms with Gasteiger partial charge in [-0.2, -0.15) is 0 Å². The molecule has 100 valence electrons. The van der Waals surface area contributed by atoms with Gasteiger partial charge in [-0.25, -0.2) is 4.39 Å². The summed E-state index contributed by atoms with van der Waals surface area (Å²) in [6, 6.07) is 6.06. The Morgan fingerprint density at radius 3 is 2.68 bits per heavy atom. The van der Waals surface area contributed by atoms with Crippen LogP contribution in [0.2, 0.25) is 0 Å². The van der Waals surface area contributed by atoms with Gasteiger partial charge in [0.2, 0.25) is 0 Å². The van der Waals surface area contributed by atoms with Gasteiger partial charge in [0.15, 0.2) is 0 Å². The van der Waals surface area contributed by atoms with E-state index in [0.717, 1.165) is 23.0 Å². The van der Waals surface area contributed by atoms with Crippen LogP contribution in [0.5, 0.6) is 0 Å². The fourth-order valence-electron chi connectivity index (χ4n) is 2.31. The lowest BCUT2D eigenvalue weighted by atomic mass is 10.2. The standard InChI is InChI=1S/C12H12FN3O2S/c13-9-1-3-10(4-2-9)15-7-11(16(17)18)12-14(8-15)5-6-19-12/h1-4H,5-8H2. The van der Waals surface area contributed by atoms with Gasteiger partial charge in [0.05, 0.1) is 11.6 Å². The largest absolute Gasteiger partial charge is 0.343 e. The summed E-state index contributed by atoms with van der Waals surface area (Å²) in [6.07, 6.45) is 0. The first-order chi connectivity index (χ1) is 9.15. The van der Waals surface area contributed by atoms with Gasteiger partial charge >= 0.3 is 0 Å². The summed E-state index contributed by atoms with van der Waals surface area (Å²) in [4.78, 5) is 14.7. The second-order valence-corrected chi connectivity index (χ2v) is 5.52. The molecule has 1 aromatic carbocycles. The molecule has 2 aliphatic rings. The Morgan fingerprint density at radius 1 is 1.26 bits per heavy atom. The Balaban J connectivity index is 1.91. The third-order valence-corrected chi connectivity index (χ3v) is 4.38. The molecule has 1 aromatic rings. The molecule has 19 heavy (non-hydrogen) atoms. The van der Waals surface area contributed by atoms with Crippen LogP contribution in [0.3, 0.4) is 0 Å². The number of anilines is 1. The molecule has 0 unspecified atom stereocenters. The van der Waals surface area contributed by atoms with Crippen LogP contribution in [0.1, 0.15) is 0 Å². The first-order valence-electron chi connectivity index (χ1n) is 5.91. The lowest BCUT2D eigenvalue weighted by Gasteiger charge is -2.34. The normalized spacial score (nSPS) is 18.8. The number of thioether (sulfide) groups is 1. The van der Waals surface area contributed by atoms with Gasteiger partial charge in [-0.3, -0.25) is 10.1 Å². The fraction of sp³-hybridized carbons (Fsp3) is 0.333. The lowest BCUT2D eigenvalue weighted by Crippen LogP contribution is -2.43. The second kappa shape index (κ2) is 4.73.